The first kappa shape index (κ1) is 13.9. The number of alkyl halides is 3. The number of hydrogen-bond donors (Lipinski definition) is 1. The molecule has 0 radical (unpaired) electrons. The number of hydrazine groups is 1. The molecule has 2 rings (SSSR count). The van der Waals surface area contributed by atoms with E-state index in [1.54, 1.807) is 0 Å². The van der Waals surface area contributed by atoms with Crippen molar-refractivity contribution in [2.24, 2.45) is 5.84 Å². The van der Waals surface area contributed by atoms with Gasteiger partial charge in [0.1, 0.15) is 11.9 Å². The normalized spacial score (nSPS) is 11.4. The summed E-state index contributed by atoms with van der Waals surface area (Å²) in [6, 6.07) is 4.96. The standard InChI is InChI=1S/C12H10F3N4O/c1-7-10(19(16)20)6-17-11(18-7)8-4-2-3-5-9(8)12(13,14)15/h2-6H,1H3,(H2,16,20)/q+1. The van der Waals surface area contributed by atoms with Crippen molar-refractivity contribution >= 4 is 5.69 Å². The summed E-state index contributed by atoms with van der Waals surface area (Å²) in [5, 5.41) is 0. The minimum Gasteiger partial charge on any atom is -0.229 e. The molecule has 2 aromatic rings. The summed E-state index contributed by atoms with van der Waals surface area (Å²) in [5.74, 6) is 4.91. The number of rotatable bonds is 2. The molecular formula is C12H10F3N4O+. The van der Waals surface area contributed by atoms with Gasteiger partial charge >= 0.3 is 11.9 Å². The maximum atomic E-state index is 12.9. The Labute approximate surface area is 111 Å². The van der Waals surface area contributed by atoms with Crippen LogP contribution in [0.3, 0.4) is 0 Å². The number of nitrogens with zero attached hydrogens (tertiary/aromatic N) is 3. The summed E-state index contributed by atoms with van der Waals surface area (Å²) in [6.07, 6.45) is -3.41. The van der Waals surface area contributed by atoms with Gasteiger partial charge in [-0.05, 0) is 13.0 Å². The lowest BCUT2D eigenvalue weighted by molar-refractivity contribution is -0.475. The zero-order chi connectivity index (χ0) is 14.9. The van der Waals surface area contributed by atoms with Gasteiger partial charge in [-0.15, -0.1) is 0 Å². The molecule has 20 heavy (non-hydrogen) atoms. The van der Waals surface area contributed by atoms with Crippen molar-refractivity contribution in [1.82, 2.24) is 9.97 Å². The van der Waals surface area contributed by atoms with Crippen LogP contribution in [0.4, 0.5) is 18.9 Å². The molecule has 8 heteroatoms. The van der Waals surface area contributed by atoms with Crippen LogP contribution in [0.25, 0.3) is 11.4 Å². The lowest BCUT2D eigenvalue weighted by Crippen LogP contribution is -2.12. The smallest absolute Gasteiger partial charge is 0.229 e. The van der Waals surface area contributed by atoms with Gasteiger partial charge in [0.25, 0.3) is 0 Å². The van der Waals surface area contributed by atoms with Crippen LogP contribution in [-0.2, 0) is 6.18 Å². The van der Waals surface area contributed by atoms with Crippen molar-refractivity contribution in [3.05, 3.63) is 46.6 Å². The van der Waals surface area contributed by atoms with Crippen LogP contribution in [0.15, 0.2) is 30.5 Å². The summed E-state index contributed by atoms with van der Waals surface area (Å²) >= 11 is 0. The van der Waals surface area contributed by atoms with Gasteiger partial charge in [-0.3, -0.25) is 0 Å². The zero-order valence-corrected chi connectivity index (χ0v) is 10.3. The molecule has 0 amide bonds. The molecule has 0 aliphatic rings. The van der Waals surface area contributed by atoms with Crippen molar-refractivity contribution in [2.75, 3.05) is 0 Å². The molecule has 0 unspecified atom stereocenters. The van der Waals surface area contributed by atoms with E-state index in [4.69, 9.17) is 5.84 Å². The van der Waals surface area contributed by atoms with E-state index >= 15 is 0 Å². The highest BCUT2D eigenvalue weighted by atomic mass is 19.4. The van der Waals surface area contributed by atoms with E-state index < -0.39 is 11.7 Å². The molecule has 5 nitrogen and oxygen atoms in total. The number of aryl methyl sites for hydroxylation is 1. The highest BCUT2D eigenvalue weighted by molar-refractivity contribution is 5.61. The van der Waals surface area contributed by atoms with Crippen molar-refractivity contribution < 1.29 is 18.0 Å². The van der Waals surface area contributed by atoms with Crippen molar-refractivity contribution in [3.8, 4) is 11.4 Å². The van der Waals surface area contributed by atoms with Crippen LogP contribution < -0.4 is 5.84 Å². The number of hydrogen-bond acceptors (Lipinski definition) is 3. The summed E-state index contributed by atoms with van der Waals surface area (Å²) in [4.78, 5) is 18.7. The number of benzene rings is 1. The minimum absolute atomic E-state index is 0.00163. The first-order chi connectivity index (χ1) is 9.30. The van der Waals surface area contributed by atoms with Gasteiger partial charge < -0.3 is 0 Å². The molecule has 0 saturated heterocycles. The number of aromatic nitrogens is 2. The topological polar surface area (TPSA) is 71.9 Å². The molecule has 104 valence electrons. The predicted octanol–water partition coefficient (Wildman–Crippen LogP) is 2.75. The molecule has 0 aliphatic heterocycles. The monoisotopic (exact) mass is 283 g/mol. The molecule has 0 bridgehead atoms. The Kier molecular flexibility index (Phi) is 3.39. The Morgan fingerprint density at radius 3 is 2.45 bits per heavy atom. The fraction of sp³-hybridized carbons (Fsp3) is 0.167. The van der Waals surface area contributed by atoms with Gasteiger partial charge in [-0.1, -0.05) is 18.2 Å². The molecule has 0 fully saturated rings. The third kappa shape index (κ3) is 2.58. The molecule has 1 aromatic carbocycles. The van der Waals surface area contributed by atoms with Gasteiger partial charge in [-0.2, -0.15) is 19.0 Å². The second-order valence-corrected chi connectivity index (χ2v) is 4.03. The van der Waals surface area contributed by atoms with Gasteiger partial charge in [-0.25, -0.2) is 9.97 Å². The first-order valence-corrected chi connectivity index (χ1v) is 5.53. The minimum atomic E-state index is -4.51. The van der Waals surface area contributed by atoms with E-state index in [9.17, 15) is 18.1 Å². The predicted molar refractivity (Wildman–Crippen MR) is 64.7 cm³/mol. The molecule has 0 spiro atoms. The SMILES string of the molecule is Cc1nc(-c2ccccc2C(F)(F)F)ncc1[N+](N)=O. The average Bonchev–Trinajstić information content (AvgIpc) is 2.37. The molecule has 1 aromatic heterocycles. The second-order valence-electron chi connectivity index (χ2n) is 4.03. The summed E-state index contributed by atoms with van der Waals surface area (Å²) in [6.45, 7) is 1.47. The average molecular weight is 283 g/mol. The molecule has 0 atom stereocenters. The van der Waals surface area contributed by atoms with Gasteiger partial charge in [0, 0.05) is 5.56 Å². The van der Waals surface area contributed by atoms with Crippen molar-refractivity contribution in [1.29, 1.82) is 0 Å². The molecular weight excluding hydrogens is 273 g/mol. The van der Waals surface area contributed by atoms with E-state index in [1.807, 2.05) is 0 Å². The zero-order valence-electron chi connectivity index (χ0n) is 10.3. The van der Waals surface area contributed by atoms with Crippen LogP contribution in [0.2, 0.25) is 0 Å². The van der Waals surface area contributed by atoms with E-state index in [0.717, 1.165) is 12.3 Å². The van der Waals surface area contributed by atoms with E-state index in [2.05, 4.69) is 9.97 Å². The van der Waals surface area contributed by atoms with Crippen LogP contribution in [0.1, 0.15) is 11.3 Å². The van der Waals surface area contributed by atoms with Crippen LogP contribution >= 0.6 is 0 Å². The maximum absolute atomic E-state index is 12.9. The quantitative estimate of drug-likeness (QED) is 0.522. The van der Waals surface area contributed by atoms with E-state index in [-0.39, 0.29) is 27.6 Å². The summed E-state index contributed by atoms with van der Waals surface area (Å²) in [7, 11) is 0. The molecule has 0 saturated carbocycles. The largest absolute Gasteiger partial charge is 0.417 e. The molecule has 2 N–H and O–H groups in total. The fourth-order valence-electron chi connectivity index (χ4n) is 1.73. The lowest BCUT2D eigenvalue weighted by Gasteiger charge is -2.11. The van der Waals surface area contributed by atoms with Crippen molar-refractivity contribution in [2.45, 2.75) is 13.1 Å². The summed E-state index contributed by atoms with van der Waals surface area (Å²) in [5.41, 5.74) is -0.786. The highest BCUT2D eigenvalue weighted by Gasteiger charge is 2.34. The summed E-state index contributed by atoms with van der Waals surface area (Å²) < 4.78 is 38.7. The van der Waals surface area contributed by atoms with Crippen molar-refractivity contribution in [3.63, 3.8) is 0 Å². The Bertz CT molecular complexity index is 670. The number of halogens is 3. The second kappa shape index (κ2) is 4.87. The van der Waals surface area contributed by atoms with E-state index in [1.165, 1.54) is 25.1 Å². The Morgan fingerprint density at radius 1 is 1.25 bits per heavy atom. The van der Waals surface area contributed by atoms with E-state index in [0.29, 0.717) is 0 Å². The Balaban J connectivity index is 2.59. The number of nitrogens with two attached hydrogens (primary N) is 1. The Morgan fingerprint density at radius 2 is 1.90 bits per heavy atom. The third-order valence-corrected chi connectivity index (χ3v) is 2.66. The first-order valence-electron chi connectivity index (χ1n) is 5.53. The van der Waals surface area contributed by atoms with Gasteiger partial charge in [0.2, 0.25) is 0 Å². The lowest BCUT2D eigenvalue weighted by atomic mass is 10.1. The van der Waals surface area contributed by atoms with Crippen LogP contribution in [0.5, 0.6) is 0 Å². The highest BCUT2D eigenvalue weighted by Crippen LogP contribution is 2.35. The fourth-order valence-corrected chi connectivity index (χ4v) is 1.73. The number of nitroso groups, excluding NO2 is 1. The Hall–Kier alpha value is -2.51. The van der Waals surface area contributed by atoms with Gasteiger partial charge in [0.05, 0.1) is 10.5 Å². The molecule has 1 heterocycles. The van der Waals surface area contributed by atoms with Gasteiger partial charge in [0.15, 0.2) is 10.7 Å². The maximum Gasteiger partial charge on any atom is 0.417 e. The molecule has 0 aliphatic carbocycles. The van der Waals surface area contributed by atoms with Crippen LogP contribution in [-0.4, -0.2) is 14.8 Å². The third-order valence-electron chi connectivity index (χ3n) is 2.66. The van der Waals surface area contributed by atoms with Crippen LogP contribution in [0, 0.1) is 11.8 Å².